The first-order valence-electron chi connectivity index (χ1n) is 6.03. The molecule has 0 spiro atoms. The summed E-state index contributed by atoms with van der Waals surface area (Å²) in [5, 5.41) is 12.2. The van der Waals surface area contributed by atoms with E-state index in [1.807, 2.05) is 6.26 Å². The molecule has 116 valence electrons. The SMILES string of the molecule is CSCC[C@@H](NC(=O)COc1cc(Cl)ccc1Cl)C(=O)O. The molecular weight excluding hydrogens is 337 g/mol. The van der Waals surface area contributed by atoms with E-state index < -0.39 is 17.9 Å². The zero-order valence-electron chi connectivity index (χ0n) is 11.3. The highest BCUT2D eigenvalue weighted by Crippen LogP contribution is 2.27. The van der Waals surface area contributed by atoms with E-state index in [9.17, 15) is 9.59 Å². The van der Waals surface area contributed by atoms with Crippen LogP contribution in [0.15, 0.2) is 18.2 Å². The number of nitrogens with one attached hydrogen (secondary N) is 1. The summed E-state index contributed by atoms with van der Waals surface area (Å²) in [6, 6.07) is 3.71. The average Bonchev–Trinajstić information content (AvgIpc) is 2.44. The zero-order valence-corrected chi connectivity index (χ0v) is 13.6. The van der Waals surface area contributed by atoms with E-state index in [4.69, 9.17) is 33.0 Å². The number of rotatable bonds is 8. The van der Waals surface area contributed by atoms with Crippen LogP contribution in [-0.4, -0.2) is 41.6 Å². The van der Waals surface area contributed by atoms with Crippen molar-refractivity contribution in [3.8, 4) is 5.75 Å². The normalized spacial score (nSPS) is 11.8. The summed E-state index contributed by atoms with van der Waals surface area (Å²) in [4.78, 5) is 22.7. The molecule has 21 heavy (non-hydrogen) atoms. The first-order chi connectivity index (χ1) is 9.93. The van der Waals surface area contributed by atoms with E-state index in [1.165, 1.54) is 17.8 Å². The van der Waals surface area contributed by atoms with Crippen molar-refractivity contribution in [2.45, 2.75) is 12.5 Å². The van der Waals surface area contributed by atoms with Crippen molar-refractivity contribution in [2.75, 3.05) is 18.6 Å². The van der Waals surface area contributed by atoms with Crippen LogP contribution in [0.5, 0.6) is 5.75 Å². The zero-order chi connectivity index (χ0) is 15.8. The molecule has 1 atom stereocenters. The predicted molar refractivity (Wildman–Crippen MR) is 84.5 cm³/mol. The van der Waals surface area contributed by atoms with Crippen molar-refractivity contribution in [1.82, 2.24) is 5.32 Å². The molecule has 0 aromatic heterocycles. The minimum Gasteiger partial charge on any atom is -0.482 e. The summed E-state index contributed by atoms with van der Waals surface area (Å²) in [5.74, 6) is -0.689. The van der Waals surface area contributed by atoms with Crippen LogP contribution in [0.4, 0.5) is 0 Å². The van der Waals surface area contributed by atoms with Gasteiger partial charge in [0.2, 0.25) is 0 Å². The van der Waals surface area contributed by atoms with Crippen molar-refractivity contribution < 1.29 is 19.4 Å². The van der Waals surface area contributed by atoms with Gasteiger partial charge >= 0.3 is 5.97 Å². The van der Waals surface area contributed by atoms with Crippen molar-refractivity contribution in [3.05, 3.63) is 28.2 Å². The molecule has 0 aliphatic rings. The molecular formula is C13H15Cl2NO4S. The molecule has 5 nitrogen and oxygen atoms in total. The van der Waals surface area contributed by atoms with Gasteiger partial charge in [0.05, 0.1) is 5.02 Å². The molecule has 1 rings (SSSR count). The van der Waals surface area contributed by atoms with Gasteiger partial charge in [0, 0.05) is 11.1 Å². The standard InChI is InChI=1S/C13H15Cl2NO4S/c1-21-5-4-10(13(18)19)16-12(17)7-20-11-6-8(14)2-3-9(11)15/h2-3,6,10H,4-5,7H2,1H3,(H,16,17)(H,18,19)/t10-/m1/s1. The average molecular weight is 352 g/mol. The maximum atomic E-state index is 11.7. The van der Waals surface area contributed by atoms with E-state index in [1.54, 1.807) is 12.1 Å². The van der Waals surface area contributed by atoms with Gasteiger partial charge in [-0.2, -0.15) is 11.8 Å². The summed E-state index contributed by atoms with van der Waals surface area (Å²) < 4.78 is 5.24. The third kappa shape index (κ3) is 6.46. The van der Waals surface area contributed by atoms with Crippen LogP contribution in [0.3, 0.4) is 0 Å². The number of amides is 1. The lowest BCUT2D eigenvalue weighted by molar-refractivity contribution is -0.142. The summed E-state index contributed by atoms with van der Waals surface area (Å²) in [6.07, 6.45) is 2.21. The topological polar surface area (TPSA) is 75.6 Å². The van der Waals surface area contributed by atoms with E-state index >= 15 is 0 Å². The number of benzene rings is 1. The molecule has 0 aliphatic carbocycles. The van der Waals surface area contributed by atoms with Gasteiger partial charge in [-0.3, -0.25) is 4.79 Å². The largest absolute Gasteiger partial charge is 0.482 e. The quantitative estimate of drug-likeness (QED) is 0.752. The van der Waals surface area contributed by atoms with Crippen LogP contribution in [0.1, 0.15) is 6.42 Å². The van der Waals surface area contributed by atoms with Gasteiger partial charge in [-0.05, 0) is 30.6 Å². The number of carbonyl (C=O) groups is 2. The number of halogens is 2. The number of carboxylic acid groups (broad SMARTS) is 1. The van der Waals surface area contributed by atoms with Gasteiger partial charge in [0.15, 0.2) is 6.61 Å². The molecule has 0 saturated carbocycles. The Hall–Kier alpha value is -1.11. The molecule has 1 aromatic rings. The molecule has 0 saturated heterocycles. The van der Waals surface area contributed by atoms with Crippen molar-refractivity contribution in [3.63, 3.8) is 0 Å². The number of hydrogen-bond donors (Lipinski definition) is 2. The van der Waals surface area contributed by atoms with Crippen LogP contribution >= 0.6 is 35.0 Å². The molecule has 0 fully saturated rings. The Kier molecular flexibility index (Phi) is 7.71. The van der Waals surface area contributed by atoms with Crippen molar-refractivity contribution in [2.24, 2.45) is 0 Å². The fraction of sp³-hybridized carbons (Fsp3) is 0.385. The molecule has 0 aliphatic heterocycles. The van der Waals surface area contributed by atoms with Crippen LogP contribution in [0.25, 0.3) is 0 Å². The lowest BCUT2D eigenvalue weighted by Gasteiger charge is -2.14. The van der Waals surface area contributed by atoms with E-state index in [2.05, 4.69) is 5.32 Å². The highest BCUT2D eigenvalue weighted by atomic mass is 35.5. The smallest absolute Gasteiger partial charge is 0.326 e. The first-order valence-corrected chi connectivity index (χ1v) is 8.18. The number of aliphatic carboxylic acids is 1. The van der Waals surface area contributed by atoms with Crippen LogP contribution < -0.4 is 10.1 Å². The number of ether oxygens (including phenoxy) is 1. The van der Waals surface area contributed by atoms with Gasteiger partial charge in [0.25, 0.3) is 5.91 Å². The Bertz CT molecular complexity index is 513. The molecule has 0 unspecified atom stereocenters. The molecule has 0 bridgehead atoms. The summed E-state index contributed by atoms with van der Waals surface area (Å²) in [7, 11) is 0. The van der Waals surface area contributed by atoms with Crippen LogP contribution in [-0.2, 0) is 9.59 Å². The third-order valence-electron chi connectivity index (χ3n) is 2.50. The monoisotopic (exact) mass is 351 g/mol. The Morgan fingerprint density at radius 2 is 2.14 bits per heavy atom. The molecule has 1 aromatic carbocycles. The Morgan fingerprint density at radius 3 is 2.76 bits per heavy atom. The summed E-state index contributed by atoms with van der Waals surface area (Å²) in [5.41, 5.74) is 0. The number of carboxylic acids is 1. The fourth-order valence-electron chi connectivity index (χ4n) is 1.46. The first kappa shape index (κ1) is 17.9. The lowest BCUT2D eigenvalue weighted by Crippen LogP contribution is -2.43. The molecule has 0 heterocycles. The van der Waals surface area contributed by atoms with Crippen molar-refractivity contribution >= 4 is 46.8 Å². The molecule has 1 amide bonds. The van der Waals surface area contributed by atoms with Gasteiger partial charge in [-0.1, -0.05) is 23.2 Å². The van der Waals surface area contributed by atoms with E-state index in [0.717, 1.165) is 0 Å². The Balaban J connectivity index is 2.52. The van der Waals surface area contributed by atoms with Crippen LogP contribution in [0, 0.1) is 0 Å². The third-order valence-corrected chi connectivity index (χ3v) is 3.69. The number of carbonyl (C=O) groups excluding carboxylic acids is 1. The molecule has 2 N–H and O–H groups in total. The summed E-state index contributed by atoms with van der Waals surface area (Å²) in [6.45, 7) is -0.330. The van der Waals surface area contributed by atoms with Gasteiger partial charge in [0.1, 0.15) is 11.8 Å². The van der Waals surface area contributed by atoms with Crippen molar-refractivity contribution in [1.29, 1.82) is 0 Å². The van der Waals surface area contributed by atoms with E-state index in [0.29, 0.717) is 22.2 Å². The van der Waals surface area contributed by atoms with Gasteiger partial charge in [-0.25, -0.2) is 4.79 Å². The molecule has 8 heteroatoms. The number of thioether (sulfide) groups is 1. The number of hydrogen-bond acceptors (Lipinski definition) is 4. The second kappa shape index (κ2) is 9.02. The predicted octanol–water partition coefficient (Wildman–Crippen LogP) is 2.69. The highest BCUT2D eigenvalue weighted by molar-refractivity contribution is 7.98. The Labute approximate surface area is 136 Å². The minimum atomic E-state index is -1.07. The fourth-order valence-corrected chi connectivity index (χ4v) is 2.27. The van der Waals surface area contributed by atoms with E-state index in [-0.39, 0.29) is 12.4 Å². The van der Waals surface area contributed by atoms with Gasteiger partial charge in [-0.15, -0.1) is 0 Å². The second-order valence-corrected chi connectivity index (χ2v) is 5.93. The molecule has 0 radical (unpaired) electrons. The highest BCUT2D eigenvalue weighted by Gasteiger charge is 2.19. The maximum absolute atomic E-state index is 11.7. The Morgan fingerprint density at radius 1 is 1.43 bits per heavy atom. The van der Waals surface area contributed by atoms with Gasteiger partial charge < -0.3 is 15.2 Å². The lowest BCUT2D eigenvalue weighted by atomic mass is 10.2. The summed E-state index contributed by atoms with van der Waals surface area (Å²) >= 11 is 13.2. The minimum absolute atomic E-state index is 0.273. The second-order valence-electron chi connectivity index (χ2n) is 4.10. The maximum Gasteiger partial charge on any atom is 0.326 e. The van der Waals surface area contributed by atoms with Crippen LogP contribution in [0.2, 0.25) is 10.0 Å².